The standard InChI is InChI=1S/C28H22ClF4N7O2S/c29-20-6-2-1-5-19(20)25-37-24-26(35-16-36-27(24)40(25)18-9-10-23(34-15-18)28(31,32)33)39-13-11-17(12-14-39)38-43(41,42)22-8-4-3-7-21(22)30/h1-10,15-17,38H,11-14H2. The van der Waals surface area contributed by atoms with Gasteiger partial charge in [-0.2, -0.15) is 13.2 Å². The van der Waals surface area contributed by atoms with Crippen molar-refractivity contribution < 1.29 is 26.0 Å². The first-order valence-corrected chi connectivity index (χ1v) is 14.9. The molecule has 0 amide bonds. The smallest absolute Gasteiger partial charge is 0.355 e. The van der Waals surface area contributed by atoms with E-state index in [2.05, 4.69) is 19.7 Å². The lowest BCUT2D eigenvalue weighted by molar-refractivity contribution is -0.141. The van der Waals surface area contributed by atoms with Crippen LogP contribution in [0.25, 0.3) is 28.2 Å². The van der Waals surface area contributed by atoms with Crippen LogP contribution in [0.3, 0.4) is 0 Å². The quantitative estimate of drug-likeness (QED) is 0.242. The van der Waals surface area contributed by atoms with E-state index in [1.807, 2.05) is 4.90 Å². The van der Waals surface area contributed by atoms with Crippen molar-refractivity contribution in [3.63, 3.8) is 0 Å². The minimum Gasteiger partial charge on any atom is -0.355 e. The number of nitrogens with one attached hydrogen (secondary N) is 1. The van der Waals surface area contributed by atoms with E-state index in [-0.39, 0.29) is 5.69 Å². The first kappa shape index (κ1) is 29.0. The molecule has 1 N–H and O–H groups in total. The molecule has 5 aromatic rings. The molecule has 0 unspecified atom stereocenters. The lowest BCUT2D eigenvalue weighted by Gasteiger charge is -2.33. The van der Waals surface area contributed by atoms with E-state index in [1.54, 1.807) is 28.8 Å². The zero-order chi connectivity index (χ0) is 30.4. The van der Waals surface area contributed by atoms with Crippen molar-refractivity contribution >= 4 is 38.6 Å². The van der Waals surface area contributed by atoms with Gasteiger partial charge in [0.2, 0.25) is 10.0 Å². The molecular formula is C28H22ClF4N7O2S. The van der Waals surface area contributed by atoms with Crippen LogP contribution in [0.2, 0.25) is 5.02 Å². The number of sulfonamides is 1. The summed E-state index contributed by atoms with van der Waals surface area (Å²) in [5.41, 5.74) is 0.473. The molecule has 222 valence electrons. The van der Waals surface area contributed by atoms with Gasteiger partial charge in [-0.15, -0.1) is 0 Å². The van der Waals surface area contributed by atoms with Gasteiger partial charge in [0, 0.05) is 24.7 Å². The third-order valence-corrected chi connectivity index (χ3v) is 8.96. The van der Waals surface area contributed by atoms with Gasteiger partial charge in [-0.3, -0.25) is 4.57 Å². The van der Waals surface area contributed by atoms with Gasteiger partial charge >= 0.3 is 6.18 Å². The molecule has 0 saturated carbocycles. The van der Waals surface area contributed by atoms with Crippen molar-refractivity contribution in [2.24, 2.45) is 0 Å². The summed E-state index contributed by atoms with van der Waals surface area (Å²) in [6.45, 7) is 0.791. The molecule has 2 aromatic carbocycles. The molecular weight excluding hydrogens is 610 g/mol. The molecule has 43 heavy (non-hydrogen) atoms. The topological polar surface area (TPSA) is 106 Å². The molecule has 3 aromatic heterocycles. The molecule has 1 saturated heterocycles. The average molecular weight is 632 g/mol. The van der Waals surface area contributed by atoms with Gasteiger partial charge in [0.05, 0.1) is 16.9 Å². The molecule has 0 aliphatic carbocycles. The second-order valence-corrected chi connectivity index (χ2v) is 11.9. The predicted octanol–water partition coefficient (Wildman–Crippen LogP) is 5.64. The van der Waals surface area contributed by atoms with Gasteiger partial charge in [0.1, 0.15) is 28.6 Å². The fourth-order valence-electron chi connectivity index (χ4n) is 5.02. The summed E-state index contributed by atoms with van der Waals surface area (Å²) in [7, 11) is -4.06. The number of halogens is 5. The third kappa shape index (κ3) is 5.65. The van der Waals surface area contributed by atoms with Crippen molar-refractivity contribution in [2.45, 2.75) is 30.0 Å². The Morgan fingerprint density at radius 3 is 2.33 bits per heavy atom. The van der Waals surface area contributed by atoms with Crippen LogP contribution in [-0.2, 0) is 16.2 Å². The zero-order valence-corrected chi connectivity index (χ0v) is 23.7. The van der Waals surface area contributed by atoms with Crippen LogP contribution in [-0.4, -0.2) is 52.1 Å². The Bertz CT molecular complexity index is 1910. The summed E-state index contributed by atoms with van der Waals surface area (Å²) in [6.07, 6.45) is -1.37. The summed E-state index contributed by atoms with van der Waals surface area (Å²) < 4.78 is 83.5. The van der Waals surface area contributed by atoms with E-state index >= 15 is 0 Å². The number of piperidine rings is 1. The summed E-state index contributed by atoms with van der Waals surface area (Å²) in [5.74, 6) is -0.0345. The second-order valence-electron chi connectivity index (χ2n) is 9.83. The van der Waals surface area contributed by atoms with Crippen molar-refractivity contribution in [1.82, 2.24) is 29.2 Å². The van der Waals surface area contributed by atoms with Crippen LogP contribution >= 0.6 is 11.6 Å². The Morgan fingerprint density at radius 2 is 1.65 bits per heavy atom. The molecule has 0 radical (unpaired) electrons. The first-order valence-electron chi connectivity index (χ1n) is 13.1. The minimum absolute atomic E-state index is 0.288. The van der Waals surface area contributed by atoms with E-state index in [0.29, 0.717) is 59.3 Å². The minimum atomic E-state index is -4.61. The number of hydrogen-bond donors (Lipinski definition) is 1. The largest absolute Gasteiger partial charge is 0.433 e. The van der Waals surface area contributed by atoms with Gasteiger partial charge < -0.3 is 4.90 Å². The van der Waals surface area contributed by atoms with Crippen LogP contribution in [0.5, 0.6) is 0 Å². The first-order chi connectivity index (χ1) is 20.5. The normalized spacial score (nSPS) is 14.9. The molecule has 0 atom stereocenters. The number of rotatable bonds is 6. The van der Waals surface area contributed by atoms with Gasteiger partial charge in [-0.25, -0.2) is 37.5 Å². The second kappa shape index (κ2) is 11.2. The lowest BCUT2D eigenvalue weighted by atomic mass is 10.1. The molecule has 15 heteroatoms. The van der Waals surface area contributed by atoms with Crippen molar-refractivity contribution in [3.05, 3.63) is 89.7 Å². The Kier molecular flexibility index (Phi) is 7.52. The SMILES string of the molecule is O=S(=O)(NC1CCN(c2ncnc3c2nc(-c2ccccc2Cl)n3-c2ccc(C(F)(F)F)nc2)CC1)c1ccccc1F. The van der Waals surface area contributed by atoms with Crippen LogP contribution in [0.4, 0.5) is 23.4 Å². The Labute approximate surface area is 248 Å². The fraction of sp³-hybridized carbons (Fsp3) is 0.214. The maximum Gasteiger partial charge on any atom is 0.433 e. The highest BCUT2D eigenvalue weighted by molar-refractivity contribution is 7.89. The van der Waals surface area contributed by atoms with Gasteiger partial charge in [-0.1, -0.05) is 35.9 Å². The van der Waals surface area contributed by atoms with E-state index in [9.17, 15) is 26.0 Å². The predicted molar refractivity (Wildman–Crippen MR) is 152 cm³/mol. The maximum absolute atomic E-state index is 14.1. The molecule has 9 nitrogen and oxygen atoms in total. The number of alkyl halides is 3. The summed E-state index contributed by atoms with van der Waals surface area (Å²) in [6, 6.07) is 13.8. The summed E-state index contributed by atoms with van der Waals surface area (Å²) >= 11 is 6.50. The van der Waals surface area contributed by atoms with Crippen molar-refractivity contribution in [1.29, 1.82) is 0 Å². The van der Waals surface area contributed by atoms with E-state index < -0.39 is 38.6 Å². The highest BCUT2D eigenvalue weighted by Crippen LogP contribution is 2.36. The number of pyridine rings is 1. The maximum atomic E-state index is 14.1. The number of hydrogen-bond acceptors (Lipinski definition) is 7. The van der Waals surface area contributed by atoms with Crippen LogP contribution in [0.1, 0.15) is 18.5 Å². The molecule has 0 spiro atoms. The van der Waals surface area contributed by atoms with Crippen molar-refractivity contribution in [2.75, 3.05) is 18.0 Å². The molecule has 1 aliphatic rings. The molecule has 1 fully saturated rings. The van der Waals surface area contributed by atoms with Crippen LogP contribution in [0, 0.1) is 5.82 Å². The van der Waals surface area contributed by atoms with Crippen LogP contribution in [0.15, 0.2) is 78.1 Å². The lowest BCUT2D eigenvalue weighted by Crippen LogP contribution is -2.45. The fourth-order valence-corrected chi connectivity index (χ4v) is 6.62. The van der Waals surface area contributed by atoms with Crippen molar-refractivity contribution in [3.8, 4) is 17.1 Å². The molecule has 4 heterocycles. The van der Waals surface area contributed by atoms with E-state index in [0.717, 1.165) is 18.3 Å². The number of imidazole rings is 1. The number of anilines is 1. The Balaban J connectivity index is 1.34. The third-order valence-electron chi connectivity index (χ3n) is 7.08. The van der Waals surface area contributed by atoms with Crippen LogP contribution < -0.4 is 9.62 Å². The zero-order valence-electron chi connectivity index (χ0n) is 22.1. The summed E-state index contributed by atoms with van der Waals surface area (Å²) in [4.78, 5) is 18.8. The van der Waals surface area contributed by atoms with Gasteiger partial charge in [0.15, 0.2) is 17.0 Å². The number of nitrogens with zero attached hydrogens (tertiary/aromatic N) is 6. The Morgan fingerprint density at radius 1 is 0.930 bits per heavy atom. The highest BCUT2D eigenvalue weighted by atomic mass is 35.5. The Hall–Kier alpha value is -4.14. The molecule has 1 aliphatic heterocycles. The molecule has 0 bridgehead atoms. The van der Waals surface area contributed by atoms with Gasteiger partial charge in [-0.05, 0) is 49.2 Å². The van der Waals surface area contributed by atoms with E-state index in [1.165, 1.54) is 30.6 Å². The summed E-state index contributed by atoms with van der Waals surface area (Å²) in [5, 5.41) is 0.372. The number of aromatic nitrogens is 5. The highest BCUT2D eigenvalue weighted by Gasteiger charge is 2.33. The monoisotopic (exact) mass is 631 g/mol. The average Bonchev–Trinajstić information content (AvgIpc) is 3.37. The number of benzene rings is 2. The van der Waals surface area contributed by atoms with E-state index in [4.69, 9.17) is 16.6 Å². The molecule has 6 rings (SSSR count). The van der Waals surface area contributed by atoms with Gasteiger partial charge in [0.25, 0.3) is 0 Å². The number of fused-ring (bicyclic) bond motifs is 1.